The Kier molecular flexibility index (Phi) is 6.19. The van der Waals surface area contributed by atoms with Crippen molar-refractivity contribution in [2.45, 2.75) is 31.3 Å². The second-order valence-corrected chi connectivity index (χ2v) is 5.81. The number of aliphatic hydroxyl groups excluding tert-OH is 1. The van der Waals surface area contributed by atoms with Crippen LogP contribution in [0.2, 0.25) is 0 Å². The average Bonchev–Trinajstić information content (AvgIpc) is 2.60. The van der Waals surface area contributed by atoms with Gasteiger partial charge >= 0.3 is 0 Å². The highest BCUT2D eigenvalue weighted by Gasteiger charge is 2.35. The van der Waals surface area contributed by atoms with Gasteiger partial charge in [0.05, 0.1) is 7.11 Å². The number of rotatable bonds is 6. The number of nitrogens with one attached hydrogen (secondary N) is 1. The second kappa shape index (κ2) is 8.13. The Morgan fingerprint density at radius 3 is 2.61 bits per heavy atom. The highest BCUT2D eigenvalue weighted by atomic mass is 16.5. The lowest BCUT2D eigenvalue weighted by molar-refractivity contribution is -0.127. The van der Waals surface area contributed by atoms with E-state index < -0.39 is 6.10 Å². The third-order valence-corrected chi connectivity index (χ3v) is 4.40. The van der Waals surface area contributed by atoms with E-state index in [1.165, 1.54) is 6.08 Å². The number of ether oxygens (including phenoxy) is 2. The van der Waals surface area contributed by atoms with Gasteiger partial charge in [0.1, 0.15) is 5.75 Å². The molecule has 2 N–H and O–H groups in total. The number of carbonyl (C=O) groups excluding carboxylic acids is 1. The molecule has 0 bridgehead atoms. The van der Waals surface area contributed by atoms with E-state index in [1.807, 2.05) is 24.3 Å². The van der Waals surface area contributed by atoms with Crippen molar-refractivity contribution < 1.29 is 19.4 Å². The second-order valence-electron chi connectivity index (χ2n) is 5.81. The molecule has 1 atom stereocenters. The van der Waals surface area contributed by atoms with Crippen LogP contribution in [0.1, 0.15) is 25.3 Å². The highest BCUT2D eigenvalue weighted by molar-refractivity contribution is 5.82. The van der Waals surface area contributed by atoms with Crippen LogP contribution in [0.25, 0.3) is 0 Å². The first-order chi connectivity index (χ1) is 11.1. The summed E-state index contributed by atoms with van der Waals surface area (Å²) in [5.41, 5.74) is 0.984. The molecule has 1 aliphatic heterocycles. The third-order valence-electron chi connectivity index (χ3n) is 4.40. The zero-order valence-corrected chi connectivity index (χ0v) is 13.7. The normalized spacial score (nSPS) is 18.6. The lowest BCUT2D eigenvalue weighted by atomic mass is 9.74. The van der Waals surface area contributed by atoms with E-state index in [-0.39, 0.29) is 11.3 Å². The van der Waals surface area contributed by atoms with E-state index >= 15 is 0 Å². The van der Waals surface area contributed by atoms with Gasteiger partial charge in [0.15, 0.2) is 6.10 Å². The van der Waals surface area contributed by atoms with Crippen molar-refractivity contribution in [3.63, 3.8) is 0 Å². The Balaban J connectivity index is 2.13. The number of hydrogen-bond acceptors (Lipinski definition) is 4. The first kappa shape index (κ1) is 17.5. The van der Waals surface area contributed by atoms with Crippen molar-refractivity contribution in [1.29, 1.82) is 0 Å². The van der Waals surface area contributed by atoms with Gasteiger partial charge in [-0.3, -0.25) is 4.79 Å². The largest absolute Gasteiger partial charge is 0.497 e. The minimum Gasteiger partial charge on any atom is -0.497 e. The topological polar surface area (TPSA) is 67.8 Å². The fourth-order valence-corrected chi connectivity index (χ4v) is 2.90. The fourth-order valence-electron chi connectivity index (χ4n) is 2.90. The van der Waals surface area contributed by atoms with Crippen molar-refractivity contribution in [3.05, 3.63) is 42.0 Å². The molecule has 0 aromatic heterocycles. The summed E-state index contributed by atoms with van der Waals surface area (Å²) in [5, 5.41) is 12.6. The zero-order valence-electron chi connectivity index (χ0n) is 13.7. The number of benzene rings is 1. The molecule has 0 radical (unpaired) electrons. The third kappa shape index (κ3) is 4.33. The molecule has 126 valence electrons. The maximum absolute atomic E-state index is 12.0. The molecular weight excluding hydrogens is 294 g/mol. The molecule has 1 heterocycles. The molecule has 23 heavy (non-hydrogen) atoms. The van der Waals surface area contributed by atoms with Crippen molar-refractivity contribution in [2.24, 2.45) is 0 Å². The Morgan fingerprint density at radius 2 is 2.04 bits per heavy atom. The van der Waals surface area contributed by atoms with Crippen LogP contribution in [0.3, 0.4) is 0 Å². The lowest BCUT2D eigenvalue weighted by Gasteiger charge is -2.38. The predicted molar refractivity (Wildman–Crippen MR) is 88.6 cm³/mol. The molecule has 1 aromatic carbocycles. The minimum atomic E-state index is -1.10. The van der Waals surface area contributed by atoms with Gasteiger partial charge in [0.25, 0.3) is 5.91 Å². The van der Waals surface area contributed by atoms with E-state index in [1.54, 1.807) is 20.1 Å². The van der Waals surface area contributed by atoms with Gasteiger partial charge in [-0.1, -0.05) is 24.3 Å². The molecule has 1 fully saturated rings. The molecule has 1 amide bonds. The number of carbonyl (C=O) groups is 1. The summed E-state index contributed by atoms with van der Waals surface area (Å²) >= 11 is 0. The molecule has 0 saturated carbocycles. The molecule has 5 heteroatoms. The number of amides is 1. The van der Waals surface area contributed by atoms with Crippen molar-refractivity contribution in [1.82, 2.24) is 5.32 Å². The maximum atomic E-state index is 12.0. The Hall–Kier alpha value is -1.85. The van der Waals surface area contributed by atoms with E-state index in [0.29, 0.717) is 19.8 Å². The monoisotopic (exact) mass is 319 g/mol. The molecule has 1 aromatic rings. The molecule has 1 saturated heterocycles. The van der Waals surface area contributed by atoms with Gasteiger partial charge in [0, 0.05) is 25.2 Å². The van der Waals surface area contributed by atoms with Gasteiger partial charge in [-0.15, -0.1) is 0 Å². The summed E-state index contributed by atoms with van der Waals surface area (Å²) in [4.78, 5) is 12.0. The summed E-state index contributed by atoms with van der Waals surface area (Å²) < 4.78 is 10.7. The van der Waals surface area contributed by atoms with Crippen LogP contribution in [0, 0.1) is 0 Å². The van der Waals surface area contributed by atoms with Crippen LogP contribution in [0.15, 0.2) is 36.4 Å². The maximum Gasteiger partial charge on any atom is 0.252 e. The minimum absolute atomic E-state index is 0.171. The smallest absolute Gasteiger partial charge is 0.252 e. The Bertz CT molecular complexity index is 532. The van der Waals surface area contributed by atoms with Crippen molar-refractivity contribution in [2.75, 3.05) is 26.9 Å². The highest BCUT2D eigenvalue weighted by Crippen LogP contribution is 2.35. The van der Waals surface area contributed by atoms with E-state index in [0.717, 1.165) is 24.2 Å². The molecule has 1 unspecified atom stereocenters. The van der Waals surface area contributed by atoms with E-state index in [9.17, 15) is 9.90 Å². The van der Waals surface area contributed by atoms with E-state index in [2.05, 4.69) is 5.32 Å². The molecule has 0 aliphatic carbocycles. The molecule has 5 nitrogen and oxygen atoms in total. The molecular formula is C18H25NO4. The van der Waals surface area contributed by atoms with Gasteiger partial charge in [0.2, 0.25) is 0 Å². The number of allylic oxidation sites excluding steroid dienone is 1. The number of aliphatic hydroxyl groups is 1. The van der Waals surface area contributed by atoms with Crippen LogP contribution in [-0.2, 0) is 14.9 Å². The van der Waals surface area contributed by atoms with E-state index in [4.69, 9.17) is 9.47 Å². The molecule has 1 aliphatic rings. The van der Waals surface area contributed by atoms with Crippen LogP contribution < -0.4 is 10.1 Å². The van der Waals surface area contributed by atoms with Gasteiger partial charge in [-0.25, -0.2) is 0 Å². The van der Waals surface area contributed by atoms with Crippen molar-refractivity contribution in [3.8, 4) is 5.75 Å². The average molecular weight is 319 g/mol. The standard InChI is InChI=1S/C18H25NO4/c1-3-4-16(20)17(21)19-13-18(9-11-23-12-10-18)14-5-7-15(22-2)8-6-14/h3-8,16,20H,9-13H2,1-2H3,(H,19,21). The number of hydrogen-bond donors (Lipinski definition) is 2. The summed E-state index contributed by atoms with van der Waals surface area (Å²) in [6.45, 7) is 3.59. The first-order valence-electron chi connectivity index (χ1n) is 7.92. The quantitative estimate of drug-likeness (QED) is 0.785. The Labute approximate surface area is 137 Å². The van der Waals surface area contributed by atoms with Crippen LogP contribution in [-0.4, -0.2) is 44.0 Å². The van der Waals surface area contributed by atoms with Crippen LogP contribution in [0.5, 0.6) is 5.75 Å². The van der Waals surface area contributed by atoms with Gasteiger partial charge < -0.3 is 19.9 Å². The zero-order chi connectivity index (χ0) is 16.7. The predicted octanol–water partition coefficient (Wildman–Crippen LogP) is 1.80. The van der Waals surface area contributed by atoms with Gasteiger partial charge in [-0.05, 0) is 37.5 Å². The van der Waals surface area contributed by atoms with Crippen molar-refractivity contribution >= 4 is 5.91 Å². The SMILES string of the molecule is CC=CC(O)C(=O)NCC1(c2ccc(OC)cc2)CCOCC1. The fraction of sp³-hybridized carbons (Fsp3) is 0.500. The summed E-state index contributed by atoms with van der Waals surface area (Å²) in [7, 11) is 1.64. The Morgan fingerprint density at radius 1 is 1.39 bits per heavy atom. The first-order valence-corrected chi connectivity index (χ1v) is 7.92. The molecule has 2 rings (SSSR count). The summed E-state index contributed by atoms with van der Waals surface area (Å²) in [6.07, 6.45) is 3.70. The summed E-state index contributed by atoms with van der Waals surface area (Å²) in [5.74, 6) is 0.436. The lowest BCUT2D eigenvalue weighted by Crippen LogP contribution is -2.46. The van der Waals surface area contributed by atoms with Crippen LogP contribution in [0.4, 0.5) is 0 Å². The van der Waals surface area contributed by atoms with Crippen LogP contribution >= 0.6 is 0 Å². The molecule has 0 spiro atoms. The van der Waals surface area contributed by atoms with Gasteiger partial charge in [-0.2, -0.15) is 0 Å². The summed E-state index contributed by atoms with van der Waals surface area (Å²) in [6, 6.07) is 7.95. The number of methoxy groups -OCH3 is 1.